The van der Waals surface area contributed by atoms with Crippen molar-refractivity contribution in [2.24, 2.45) is 0 Å². The van der Waals surface area contributed by atoms with E-state index in [0.29, 0.717) is 0 Å². The summed E-state index contributed by atoms with van der Waals surface area (Å²) in [6.07, 6.45) is 10.8. The first-order valence-electron chi connectivity index (χ1n) is 8.42. The van der Waals surface area contributed by atoms with Crippen LogP contribution in [0.4, 0.5) is 0 Å². The van der Waals surface area contributed by atoms with E-state index < -0.39 is 0 Å². The Balaban J connectivity index is 1.81. The fraction of sp³-hybridized carbons (Fsp3) is 0.611. The molecule has 3 heteroatoms. The van der Waals surface area contributed by atoms with Crippen molar-refractivity contribution in [2.45, 2.75) is 71.8 Å². The quantitative estimate of drug-likeness (QED) is 0.435. The molecule has 0 amide bonds. The van der Waals surface area contributed by atoms with E-state index in [0.717, 1.165) is 11.3 Å². The van der Waals surface area contributed by atoms with Crippen molar-refractivity contribution in [1.29, 1.82) is 0 Å². The van der Waals surface area contributed by atoms with E-state index in [1.807, 2.05) is 0 Å². The summed E-state index contributed by atoms with van der Waals surface area (Å²) in [7, 11) is 0. The first kappa shape index (κ1) is 16.3. The minimum absolute atomic E-state index is 0.863. The molecule has 2 nitrogen and oxygen atoms in total. The van der Waals surface area contributed by atoms with Gasteiger partial charge in [-0.25, -0.2) is 0 Å². The van der Waals surface area contributed by atoms with Gasteiger partial charge in [0.15, 0.2) is 4.77 Å². The van der Waals surface area contributed by atoms with E-state index in [2.05, 4.69) is 41.6 Å². The third-order valence-corrected chi connectivity index (χ3v) is 4.55. The van der Waals surface area contributed by atoms with Gasteiger partial charge >= 0.3 is 0 Å². The van der Waals surface area contributed by atoms with Gasteiger partial charge < -0.3 is 9.55 Å². The number of para-hydroxylation sites is 1. The highest BCUT2D eigenvalue weighted by molar-refractivity contribution is 7.71. The van der Waals surface area contributed by atoms with Gasteiger partial charge in [-0.3, -0.25) is 0 Å². The Hall–Kier alpha value is -1.09. The zero-order valence-electron chi connectivity index (χ0n) is 13.5. The molecule has 0 atom stereocenters. The molecule has 0 radical (unpaired) electrons. The van der Waals surface area contributed by atoms with Gasteiger partial charge in [0, 0.05) is 6.54 Å². The zero-order chi connectivity index (χ0) is 15.1. The molecule has 0 bridgehead atoms. The van der Waals surface area contributed by atoms with Gasteiger partial charge in [0.25, 0.3) is 0 Å². The number of H-pyrrole nitrogens is 1. The molecular weight excluding hydrogens is 276 g/mol. The van der Waals surface area contributed by atoms with Crippen LogP contribution in [0.15, 0.2) is 18.2 Å². The number of benzene rings is 1. The number of aromatic amines is 1. The lowest BCUT2D eigenvalue weighted by molar-refractivity contribution is 0.546. The Bertz CT molecular complexity index is 609. The smallest absolute Gasteiger partial charge is 0.178 e. The summed E-state index contributed by atoms with van der Waals surface area (Å²) in [5, 5.41) is 0. The molecule has 116 valence electrons. The van der Waals surface area contributed by atoms with Crippen LogP contribution in [-0.4, -0.2) is 9.55 Å². The summed E-state index contributed by atoms with van der Waals surface area (Å²) in [4.78, 5) is 3.32. The maximum Gasteiger partial charge on any atom is 0.178 e. The molecule has 2 rings (SSSR count). The van der Waals surface area contributed by atoms with Gasteiger partial charge in [-0.2, -0.15) is 0 Å². The molecule has 0 spiro atoms. The minimum Gasteiger partial charge on any atom is -0.331 e. The van der Waals surface area contributed by atoms with Gasteiger partial charge in [-0.05, 0) is 37.2 Å². The number of aromatic nitrogens is 2. The largest absolute Gasteiger partial charge is 0.331 e. The maximum absolute atomic E-state index is 5.47. The molecule has 0 aliphatic carbocycles. The number of imidazole rings is 1. The predicted octanol–water partition coefficient (Wildman–Crippen LogP) is 6.15. The maximum atomic E-state index is 5.47. The van der Waals surface area contributed by atoms with Crippen LogP contribution in [0.3, 0.4) is 0 Å². The van der Waals surface area contributed by atoms with E-state index in [1.165, 1.54) is 68.0 Å². The molecule has 1 N–H and O–H groups in total. The Labute approximate surface area is 133 Å². The van der Waals surface area contributed by atoms with Gasteiger partial charge in [-0.15, -0.1) is 0 Å². The summed E-state index contributed by atoms with van der Waals surface area (Å²) >= 11 is 5.47. The SMILES string of the molecule is CCCCCCCCCCn1c(=S)[nH]c2cccc(C)c21. The normalized spacial score (nSPS) is 11.3. The first-order chi connectivity index (χ1) is 10.2. The average Bonchev–Trinajstić information content (AvgIpc) is 2.79. The van der Waals surface area contributed by atoms with Crippen LogP contribution in [0.5, 0.6) is 0 Å². The molecule has 1 heterocycles. The summed E-state index contributed by atoms with van der Waals surface area (Å²) in [6.45, 7) is 5.47. The number of nitrogens with one attached hydrogen (secondary N) is 1. The molecule has 0 aliphatic rings. The zero-order valence-corrected chi connectivity index (χ0v) is 14.3. The van der Waals surface area contributed by atoms with E-state index >= 15 is 0 Å². The highest BCUT2D eigenvalue weighted by Crippen LogP contribution is 2.19. The van der Waals surface area contributed by atoms with E-state index in [9.17, 15) is 0 Å². The van der Waals surface area contributed by atoms with Gasteiger partial charge in [0.2, 0.25) is 0 Å². The Kier molecular flexibility index (Phi) is 6.50. The standard InChI is InChI=1S/C18H28N2S/c1-3-4-5-6-7-8-9-10-14-20-17-15(2)12-11-13-16(17)19-18(20)21/h11-13H,3-10,14H2,1-2H3,(H,19,21). The number of hydrogen-bond acceptors (Lipinski definition) is 1. The van der Waals surface area contributed by atoms with Crippen LogP contribution >= 0.6 is 12.2 Å². The summed E-state index contributed by atoms with van der Waals surface area (Å²) in [5.41, 5.74) is 3.75. The van der Waals surface area contributed by atoms with Crippen LogP contribution in [-0.2, 0) is 6.54 Å². The van der Waals surface area contributed by atoms with Crippen LogP contribution in [0.2, 0.25) is 0 Å². The Morgan fingerprint density at radius 3 is 2.38 bits per heavy atom. The van der Waals surface area contributed by atoms with Crippen molar-refractivity contribution < 1.29 is 0 Å². The second-order valence-corrected chi connectivity index (χ2v) is 6.41. The monoisotopic (exact) mass is 304 g/mol. The number of nitrogens with zero attached hydrogens (tertiary/aromatic N) is 1. The highest BCUT2D eigenvalue weighted by Gasteiger charge is 2.06. The molecule has 1 aromatic heterocycles. The second-order valence-electron chi connectivity index (χ2n) is 6.03. The minimum atomic E-state index is 0.863. The van der Waals surface area contributed by atoms with Crippen molar-refractivity contribution in [3.63, 3.8) is 0 Å². The molecule has 0 saturated carbocycles. The van der Waals surface area contributed by atoms with E-state index in [1.54, 1.807) is 0 Å². The molecule has 0 aliphatic heterocycles. The van der Waals surface area contributed by atoms with Gasteiger partial charge in [-0.1, -0.05) is 64.0 Å². The number of rotatable bonds is 9. The van der Waals surface area contributed by atoms with E-state index in [4.69, 9.17) is 12.2 Å². The lowest BCUT2D eigenvalue weighted by Gasteiger charge is -2.06. The van der Waals surface area contributed by atoms with Crippen LogP contribution in [0.25, 0.3) is 11.0 Å². The number of hydrogen-bond donors (Lipinski definition) is 1. The molecule has 0 unspecified atom stereocenters. The summed E-state index contributed by atoms with van der Waals surface area (Å²) < 4.78 is 3.14. The third-order valence-electron chi connectivity index (χ3n) is 4.23. The van der Waals surface area contributed by atoms with Gasteiger partial charge in [0.1, 0.15) is 0 Å². The van der Waals surface area contributed by atoms with Gasteiger partial charge in [0.05, 0.1) is 11.0 Å². The van der Waals surface area contributed by atoms with Crippen LogP contribution in [0, 0.1) is 11.7 Å². The second kappa shape index (κ2) is 8.38. The Morgan fingerprint density at radius 1 is 1.00 bits per heavy atom. The molecule has 21 heavy (non-hydrogen) atoms. The van der Waals surface area contributed by atoms with Crippen LogP contribution in [0.1, 0.15) is 63.9 Å². The number of fused-ring (bicyclic) bond motifs is 1. The number of unbranched alkanes of at least 4 members (excludes halogenated alkanes) is 7. The van der Waals surface area contributed by atoms with Crippen molar-refractivity contribution in [3.05, 3.63) is 28.5 Å². The molecule has 1 aromatic carbocycles. The van der Waals surface area contributed by atoms with E-state index in [-0.39, 0.29) is 0 Å². The fourth-order valence-electron chi connectivity index (χ4n) is 3.02. The molecule has 2 aromatic rings. The average molecular weight is 305 g/mol. The lowest BCUT2D eigenvalue weighted by atomic mass is 10.1. The third kappa shape index (κ3) is 4.44. The van der Waals surface area contributed by atoms with Crippen molar-refractivity contribution in [2.75, 3.05) is 0 Å². The fourth-order valence-corrected chi connectivity index (χ4v) is 3.31. The Morgan fingerprint density at radius 2 is 1.67 bits per heavy atom. The topological polar surface area (TPSA) is 20.7 Å². The number of aryl methyl sites for hydroxylation is 2. The van der Waals surface area contributed by atoms with Crippen molar-refractivity contribution >= 4 is 23.3 Å². The lowest BCUT2D eigenvalue weighted by Crippen LogP contribution is -1.99. The summed E-state index contributed by atoms with van der Waals surface area (Å²) in [6, 6.07) is 6.36. The van der Waals surface area contributed by atoms with Crippen molar-refractivity contribution in [1.82, 2.24) is 9.55 Å². The van der Waals surface area contributed by atoms with Crippen molar-refractivity contribution in [3.8, 4) is 0 Å². The predicted molar refractivity (Wildman–Crippen MR) is 94.5 cm³/mol. The van der Waals surface area contributed by atoms with Crippen LogP contribution < -0.4 is 0 Å². The highest BCUT2D eigenvalue weighted by atomic mass is 32.1. The molecular formula is C18H28N2S. The molecule has 0 saturated heterocycles. The molecule has 0 fully saturated rings. The first-order valence-corrected chi connectivity index (χ1v) is 8.83. The summed E-state index contributed by atoms with van der Waals surface area (Å²) in [5.74, 6) is 0.